The molecule has 0 saturated heterocycles. The SMILES string of the molecule is CCN(Cc1ccccc1)c1cncc(C(=O)NCc2ccccc2)c1. The molecule has 0 aliphatic carbocycles. The number of anilines is 1. The predicted octanol–water partition coefficient (Wildman–Crippen LogP) is 4.04. The summed E-state index contributed by atoms with van der Waals surface area (Å²) in [6.07, 6.45) is 3.42. The highest BCUT2D eigenvalue weighted by molar-refractivity contribution is 5.94. The first kappa shape index (κ1) is 17.7. The Morgan fingerprint density at radius 2 is 1.62 bits per heavy atom. The van der Waals surface area contributed by atoms with Crippen LogP contribution in [-0.2, 0) is 13.1 Å². The fourth-order valence-corrected chi connectivity index (χ4v) is 2.79. The van der Waals surface area contributed by atoms with Gasteiger partial charge >= 0.3 is 0 Å². The summed E-state index contributed by atoms with van der Waals surface area (Å²) in [6.45, 7) is 4.23. The highest BCUT2D eigenvalue weighted by atomic mass is 16.1. The predicted molar refractivity (Wildman–Crippen MR) is 105 cm³/mol. The number of aromatic nitrogens is 1. The molecule has 0 bridgehead atoms. The zero-order valence-corrected chi connectivity index (χ0v) is 14.9. The topological polar surface area (TPSA) is 45.2 Å². The lowest BCUT2D eigenvalue weighted by Crippen LogP contribution is -2.25. The Hall–Kier alpha value is -3.14. The molecular weight excluding hydrogens is 322 g/mol. The number of hydrogen-bond donors (Lipinski definition) is 1. The smallest absolute Gasteiger partial charge is 0.253 e. The van der Waals surface area contributed by atoms with E-state index < -0.39 is 0 Å². The van der Waals surface area contributed by atoms with Crippen LogP contribution in [0.5, 0.6) is 0 Å². The van der Waals surface area contributed by atoms with E-state index in [2.05, 4.69) is 34.3 Å². The Morgan fingerprint density at radius 3 is 2.27 bits per heavy atom. The maximum atomic E-state index is 12.5. The van der Waals surface area contributed by atoms with Crippen LogP contribution in [0.3, 0.4) is 0 Å². The molecular formula is C22H23N3O. The van der Waals surface area contributed by atoms with E-state index in [-0.39, 0.29) is 5.91 Å². The van der Waals surface area contributed by atoms with Crippen LogP contribution >= 0.6 is 0 Å². The number of nitrogens with one attached hydrogen (secondary N) is 1. The molecule has 26 heavy (non-hydrogen) atoms. The maximum Gasteiger partial charge on any atom is 0.253 e. The fraction of sp³-hybridized carbons (Fsp3) is 0.182. The van der Waals surface area contributed by atoms with Gasteiger partial charge < -0.3 is 10.2 Å². The molecule has 2 aromatic carbocycles. The van der Waals surface area contributed by atoms with Gasteiger partial charge in [0.2, 0.25) is 0 Å². The third kappa shape index (κ3) is 4.70. The van der Waals surface area contributed by atoms with Crippen molar-refractivity contribution in [2.75, 3.05) is 11.4 Å². The first-order valence-corrected chi connectivity index (χ1v) is 8.82. The summed E-state index contributed by atoms with van der Waals surface area (Å²) in [5.41, 5.74) is 3.83. The lowest BCUT2D eigenvalue weighted by atomic mass is 10.2. The van der Waals surface area contributed by atoms with Gasteiger partial charge in [-0.2, -0.15) is 0 Å². The summed E-state index contributed by atoms with van der Waals surface area (Å²) in [5.74, 6) is -0.112. The molecule has 0 atom stereocenters. The molecule has 0 radical (unpaired) electrons. The molecule has 132 valence electrons. The molecule has 1 aromatic heterocycles. The van der Waals surface area contributed by atoms with Gasteiger partial charge in [-0.1, -0.05) is 60.7 Å². The van der Waals surface area contributed by atoms with E-state index in [0.29, 0.717) is 12.1 Å². The third-order valence-electron chi connectivity index (χ3n) is 4.25. The second-order valence-electron chi connectivity index (χ2n) is 6.10. The quantitative estimate of drug-likeness (QED) is 0.703. The molecule has 3 aromatic rings. The van der Waals surface area contributed by atoms with Crippen molar-refractivity contribution in [3.63, 3.8) is 0 Å². The molecule has 0 fully saturated rings. The van der Waals surface area contributed by atoms with Crippen LogP contribution in [0.4, 0.5) is 5.69 Å². The molecule has 4 heteroatoms. The van der Waals surface area contributed by atoms with Gasteiger partial charge in [0.25, 0.3) is 5.91 Å². The van der Waals surface area contributed by atoms with Crippen LogP contribution in [0.15, 0.2) is 79.1 Å². The van der Waals surface area contributed by atoms with Crippen molar-refractivity contribution in [2.24, 2.45) is 0 Å². The number of carbonyl (C=O) groups excluding carboxylic acids is 1. The summed E-state index contributed by atoms with van der Waals surface area (Å²) >= 11 is 0. The van der Waals surface area contributed by atoms with Crippen molar-refractivity contribution in [3.8, 4) is 0 Å². The molecule has 0 spiro atoms. The molecule has 3 rings (SSSR count). The summed E-state index contributed by atoms with van der Waals surface area (Å²) in [6, 6.07) is 22.1. The monoisotopic (exact) mass is 345 g/mol. The van der Waals surface area contributed by atoms with E-state index in [1.807, 2.05) is 54.6 Å². The van der Waals surface area contributed by atoms with Crippen molar-refractivity contribution in [1.29, 1.82) is 0 Å². The van der Waals surface area contributed by atoms with Crippen LogP contribution in [0, 0.1) is 0 Å². The van der Waals surface area contributed by atoms with Gasteiger partial charge in [-0.25, -0.2) is 0 Å². The van der Waals surface area contributed by atoms with Gasteiger partial charge in [-0.15, -0.1) is 0 Å². The number of rotatable bonds is 7. The van der Waals surface area contributed by atoms with Crippen LogP contribution in [0.2, 0.25) is 0 Å². The van der Waals surface area contributed by atoms with Crippen molar-refractivity contribution < 1.29 is 4.79 Å². The highest BCUT2D eigenvalue weighted by Crippen LogP contribution is 2.17. The standard InChI is InChI=1S/C22H23N3O/c1-2-25(17-19-11-7-4-8-12-19)21-13-20(15-23-16-21)22(26)24-14-18-9-5-3-6-10-18/h3-13,15-16H,2,14,17H2,1H3,(H,24,26). The zero-order chi connectivity index (χ0) is 18.2. The molecule has 1 amide bonds. The summed E-state index contributed by atoms with van der Waals surface area (Å²) in [5, 5.41) is 2.95. The third-order valence-corrected chi connectivity index (χ3v) is 4.25. The van der Waals surface area contributed by atoms with Gasteiger partial charge in [0.05, 0.1) is 17.4 Å². The number of nitrogens with zero attached hydrogens (tertiary/aromatic N) is 2. The molecule has 0 aliphatic heterocycles. The van der Waals surface area contributed by atoms with Gasteiger partial charge in [-0.3, -0.25) is 9.78 Å². The Balaban J connectivity index is 1.69. The molecule has 4 nitrogen and oxygen atoms in total. The number of hydrogen-bond acceptors (Lipinski definition) is 3. The minimum absolute atomic E-state index is 0.112. The Bertz CT molecular complexity index is 834. The second-order valence-corrected chi connectivity index (χ2v) is 6.10. The van der Waals surface area contributed by atoms with Crippen molar-refractivity contribution in [2.45, 2.75) is 20.0 Å². The first-order chi connectivity index (χ1) is 12.8. The van der Waals surface area contributed by atoms with Crippen molar-refractivity contribution >= 4 is 11.6 Å². The van der Waals surface area contributed by atoms with Gasteiger partial charge in [0.15, 0.2) is 0 Å². The Kier molecular flexibility index (Phi) is 5.99. The summed E-state index contributed by atoms with van der Waals surface area (Å²) in [7, 11) is 0. The average molecular weight is 345 g/mol. The number of amides is 1. The summed E-state index contributed by atoms with van der Waals surface area (Å²) in [4.78, 5) is 18.9. The van der Waals surface area contributed by atoms with Gasteiger partial charge in [0.1, 0.15) is 0 Å². The normalized spacial score (nSPS) is 10.3. The van der Waals surface area contributed by atoms with E-state index in [1.54, 1.807) is 12.4 Å². The van der Waals surface area contributed by atoms with E-state index in [9.17, 15) is 4.79 Å². The van der Waals surface area contributed by atoms with Crippen LogP contribution in [0.25, 0.3) is 0 Å². The highest BCUT2D eigenvalue weighted by Gasteiger charge is 2.11. The van der Waals surface area contributed by atoms with Crippen molar-refractivity contribution in [3.05, 3.63) is 95.8 Å². The minimum atomic E-state index is -0.112. The minimum Gasteiger partial charge on any atom is -0.366 e. The second kappa shape index (κ2) is 8.81. The number of pyridine rings is 1. The Morgan fingerprint density at radius 1 is 0.962 bits per heavy atom. The molecule has 1 N–H and O–H groups in total. The van der Waals surface area contributed by atoms with E-state index >= 15 is 0 Å². The maximum absolute atomic E-state index is 12.5. The largest absolute Gasteiger partial charge is 0.366 e. The van der Waals surface area contributed by atoms with Crippen LogP contribution in [0.1, 0.15) is 28.4 Å². The van der Waals surface area contributed by atoms with E-state index in [1.165, 1.54) is 5.56 Å². The van der Waals surface area contributed by atoms with Crippen molar-refractivity contribution in [1.82, 2.24) is 10.3 Å². The fourth-order valence-electron chi connectivity index (χ4n) is 2.79. The lowest BCUT2D eigenvalue weighted by Gasteiger charge is -2.23. The molecule has 0 unspecified atom stereocenters. The molecule has 0 aliphatic rings. The Labute approximate surface area is 154 Å². The average Bonchev–Trinajstić information content (AvgIpc) is 2.72. The summed E-state index contributed by atoms with van der Waals surface area (Å²) < 4.78 is 0. The van der Waals surface area contributed by atoms with Crippen LogP contribution < -0.4 is 10.2 Å². The molecule has 0 saturated carbocycles. The number of carbonyl (C=O) groups is 1. The number of benzene rings is 2. The first-order valence-electron chi connectivity index (χ1n) is 8.82. The van der Waals surface area contributed by atoms with E-state index in [0.717, 1.165) is 24.3 Å². The van der Waals surface area contributed by atoms with E-state index in [4.69, 9.17) is 0 Å². The lowest BCUT2D eigenvalue weighted by molar-refractivity contribution is 0.0950. The molecule has 1 heterocycles. The van der Waals surface area contributed by atoms with Gasteiger partial charge in [0, 0.05) is 25.8 Å². The zero-order valence-electron chi connectivity index (χ0n) is 14.9. The van der Waals surface area contributed by atoms with Crippen LogP contribution in [-0.4, -0.2) is 17.4 Å². The van der Waals surface area contributed by atoms with Gasteiger partial charge in [-0.05, 0) is 24.1 Å².